The van der Waals surface area contributed by atoms with Crippen LogP contribution < -0.4 is 0 Å². The number of ether oxygens (including phenoxy) is 1. The number of likely N-dealkylation sites (tertiary alicyclic amines) is 1. The molecule has 1 aromatic rings. The molecule has 0 radical (unpaired) electrons. The van der Waals surface area contributed by atoms with Crippen molar-refractivity contribution in [3.63, 3.8) is 0 Å². The van der Waals surface area contributed by atoms with Crippen molar-refractivity contribution in [3.05, 3.63) is 35.6 Å². The third-order valence-electron chi connectivity index (χ3n) is 7.25. The van der Waals surface area contributed by atoms with Crippen LogP contribution in [0.5, 0.6) is 0 Å². The van der Waals surface area contributed by atoms with Crippen LogP contribution in [0.1, 0.15) is 50.4 Å². The van der Waals surface area contributed by atoms with Gasteiger partial charge in [-0.3, -0.25) is 19.3 Å². The van der Waals surface area contributed by atoms with E-state index in [4.69, 9.17) is 4.74 Å². The number of piperazine rings is 1. The number of halogens is 1. The number of carbonyl (C=O) groups is 3. The van der Waals surface area contributed by atoms with Gasteiger partial charge in [-0.15, -0.1) is 0 Å². The quantitative estimate of drug-likeness (QED) is 0.652. The SMILES string of the molecule is CN1CCN(C(=O)[C@@H]2COC3(CCN(C(=O)CC(C)(C)C)CC3)N2C(=O)c2ccc(F)cc2)CC1. The lowest BCUT2D eigenvalue weighted by Crippen LogP contribution is -2.61. The van der Waals surface area contributed by atoms with Crippen LogP contribution in [0.2, 0.25) is 0 Å². The van der Waals surface area contributed by atoms with Crippen LogP contribution in [0.25, 0.3) is 0 Å². The number of hydrogen-bond donors (Lipinski definition) is 0. The van der Waals surface area contributed by atoms with Crippen LogP contribution in [0.3, 0.4) is 0 Å². The minimum Gasteiger partial charge on any atom is -0.353 e. The summed E-state index contributed by atoms with van der Waals surface area (Å²) in [5.74, 6) is -0.794. The van der Waals surface area contributed by atoms with Gasteiger partial charge >= 0.3 is 0 Å². The van der Waals surface area contributed by atoms with Crippen LogP contribution >= 0.6 is 0 Å². The molecule has 1 aromatic carbocycles. The number of carbonyl (C=O) groups excluding carboxylic acids is 3. The van der Waals surface area contributed by atoms with E-state index in [0.29, 0.717) is 51.0 Å². The van der Waals surface area contributed by atoms with Gasteiger partial charge in [0.25, 0.3) is 5.91 Å². The zero-order chi connectivity index (χ0) is 25.4. The predicted octanol–water partition coefficient (Wildman–Crippen LogP) is 2.20. The van der Waals surface area contributed by atoms with E-state index in [1.54, 1.807) is 9.80 Å². The Labute approximate surface area is 207 Å². The van der Waals surface area contributed by atoms with E-state index in [-0.39, 0.29) is 29.7 Å². The van der Waals surface area contributed by atoms with Crippen LogP contribution in [-0.4, -0.2) is 102 Å². The topological polar surface area (TPSA) is 73.4 Å². The second kappa shape index (κ2) is 9.85. The Hall–Kier alpha value is -2.52. The fourth-order valence-corrected chi connectivity index (χ4v) is 5.20. The van der Waals surface area contributed by atoms with Crippen LogP contribution in [-0.2, 0) is 14.3 Å². The summed E-state index contributed by atoms with van der Waals surface area (Å²) in [6, 6.07) is 4.66. The van der Waals surface area contributed by atoms with Gasteiger partial charge in [0.2, 0.25) is 11.8 Å². The van der Waals surface area contributed by atoms with Crippen molar-refractivity contribution in [1.82, 2.24) is 19.6 Å². The third kappa shape index (κ3) is 5.51. The summed E-state index contributed by atoms with van der Waals surface area (Å²) < 4.78 is 19.8. The largest absolute Gasteiger partial charge is 0.353 e. The first-order valence-electron chi connectivity index (χ1n) is 12.5. The van der Waals surface area contributed by atoms with Gasteiger partial charge < -0.3 is 19.4 Å². The Morgan fingerprint density at radius 3 is 2.14 bits per heavy atom. The van der Waals surface area contributed by atoms with Crippen molar-refractivity contribution in [2.45, 2.75) is 51.8 Å². The maximum absolute atomic E-state index is 13.7. The van der Waals surface area contributed by atoms with Gasteiger partial charge in [-0.2, -0.15) is 0 Å². The number of amides is 3. The van der Waals surface area contributed by atoms with E-state index < -0.39 is 17.6 Å². The highest BCUT2D eigenvalue weighted by atomic mass is 19.1. The van der Waals surface area contributed by atoms with Gasteiger partial charge in [0.05, 0.1) is 6.61 Å². The van der Waals surface area contributed by atoms with Crippen molar-refractivity contribution < 1.29 is 23.5 Å². The van der Waals surface area contributed by atoms with Gasteiger partial charge in [-0.1, -0.05) is 20.8 Å². The molecular formula is C26H37FN4O4. The molecule has 3 heterocycles. The molecule has 3 aliphatic rings. The molecule has 1 atom stereocenters. The minimum absolute atomic E-state index is 0.0896. The van der Waals surface area contributed by atoms with Gasteiger partial charge in [0.15, 0.2) is 0 Å². The number of piperidine rings is 1. The molecule has 3 aliphatic heterocycles. The molecule has 0 saturated carbocycles. The van der Waals surface area contributed by atoms with E-state index in [1.165, 1.54) is 24.3 Å². The highest BCUT2D eigenvalue weighted by molar-refractivity contribution is 5.98. The second-order valence-corrected chi connectivity index (χ2v) is 11.2. The lowest BCUT2D eigenvalue weighted by Gasteiger charge is -2.45. The van der Waals surface area contributed by atoms with Gasteiger partial charge in [0.1, 0.15) is 17.6 Å². The van der Waals surface area contributed by atoms with Gasteiger partial charge in [0, 0.05) is 64.1 Å². The molecule has 0 aliphatic carbocycles. The number of likely N-dealkylation sites (N-methyl/N-ethyl adjacent to an activating group) is 1. The van der Waals surface area contributed by atoms with E-state index in [9.17, 15) is 18.8 Å². The Morgan fingerprint density at radius 1 is 0.971 bits per heavy atom. The maximum Gasteiger partial charge on any atom is 0.256 e. The summed E-state index contributed by atoms with van der Waals surface area (Å²) in [6.07, 6.45) is 1.31. The first kappa shape index (κ1) is 25.6. The van der Waals surface area contributed by atoms with E-state index in [0.717, 1.165) is 13.1 Å². The van der Waals surface area contributed by atoms with E-state index in [1.807, 2.05) is 32.7 Å². The molecule has 4 rings (SSSR count). The smallest absolute Gasteiger partial charge is 0.256 e. The number of rotatable bonds is 3. The standard InChI is InChI=1S/C26H37FN4O4/c1-25(2,3)17-22(32)29-11-9-26(10-12-29)31(23(33)19-5-7-20(27)8-6-19)21(18-35-26)24(34)30-15-13-28(4)14-16-30/h5-8,21H,9-18H2,1-4H3/t21-/m0/s1. The molecule has 3 saturated heterocycles. The molecular weight excluding hydrogens is 451 g/mol. The Bertz CT molecular complexity index is 945. The summed E-state index contributed by atoms with van der Waals surface area (Å²) >= 11 is 0. The second-order valence-electron chi connectivity index (χ2n) is 11.2. The normalized spacial score (nSPS) is 23.1. The Morgan fingerprint density at radius 2 is 1.57 bits per heavy atom. The number of benzene rings is 1. The van der Waals surface area contributed by atoms with Crippen molar-refractivity contribution >= 4 is 17.7 Å². The summed E-state index contributed by atoms with van der Waals surface area (Å²) in [7, 11) is 2.02. The first-order valence-corrected chi connectivity index (χ1v) is 12.5. The predicted molar refractivity (Wildman–Crippen MR) is 129 cm³/mol. The third-order valence-corrected chi connectivity index (χ3v) is 7.25. The lowest BCUT2D eigenvalue weighted by molar-refractivity contribution is -0.147. The highest BCUT2D eigenvalue weighted by Crippen LogP contribution is 2.39. The summed E-state index contributed by atoms with van der Waals surface area (Å²) in [5, 5.41) is 0. The molecule has 192 valence electrons. The average molecular weight is 489 g/mol. The van der Waals surface area contributed by atoms with Gasteiger partial charge in [-0.05, 0) is 36.7 Å². The average Bonchev–Trinajstić information content (AvgIpc) is 3.17. The van der Waals surface area contributed by atoms with Crippen LogP contribution in [0.15, 0.2) is 24.3 Å². The van der Waals surface area contributed by atoms with Crippen molar-refractivity contribution in [2.75, 3.05) is 52.9 Å². The fourth-order valence-electron chi connectivity index (χ4n) is 5.20. The molecule has 1 spiro atoms. The molecule has 3 fully saturated rings. The fraction of sp³-hybridized carbons (Fsp3) is 0.654. The van der Waals surface area contributed by atoms with Crippen LogP contribution in [0.4, 0.5) is 4.39 Å². The molecule has 0 bridgehead atoms. The number of nitrogens with zero attached hydrogens (tertiary/aromatic N) is 4. The summed E-state index contributed by atoms with van der Waals surface area (Å²) in [4.78, 5) is 47.5. The molecule has 0 unspecified atom stereocenters. The lowest BCUT2D eigenvalue weighted by atomic mass is 9.90. The van der Waals surface area contributed by atoms with E-state index in [2.05, 4.69) is 4.90 Å². The minimum atomic E-state index is -0.961. The molecule has 3 amide bonds. The summed E-state index contributed by atoms with van der Waals surface area (Å²) in [5.41, 5.74) is -0.754. The molecule has 0 N–H and O–H groups in total. The maximum atomic E-state index is 13.7. The van der Waals surface area contributed by atoms with Crippen molar-refractivity contribution in [2.24, 2.45) is 5.41 Å². The van der Waals surface area contributed by atoms with Crippen molar-refractivity contribution in [3.8, 4) is 0 Å². The Kier molecular flexibility index (Phi) is 7.20. The molecule has 0 aromatic heterocycles. The summed E-state index contributed by atoms with van der Waals surface area (Å²) in [6.45, 7) is 9.90. The van der Waals surface area contributed by atoms with E-state index >= 15 is 0 Å². The first-order chi connectivity index (χ1) is 16.5. The monoisotopic (exact) mass is 488 g/mol. The van der Waals surface area contributed by atoms with Crippen molar-refractivity contribution in [1.29, 1.82) is 0 Å². The van der Waals surface area contributed by atoms with Gasteiger partial charge in [-0.25, -0.2) is 4.39 Å². The zero-order valence-corrected chi connectivity index (χ0v) is 21.3. The highest BCUT2D eigenvalue weighted by Gasteiger charge is 2.55. The Balaban J connectivity index is 1.56. The molecule has 8 nitrogen and oxygen atoms in total. The van der Waals surface area contributed by atoms with Crippen LogP contribution in [0, 0.1) is 11.2 Å². The molecule has 35 heavy (non-hydrogen) atoms. The molecule has 9 heteroatoms. The number of hydrogen-bond acceptors (Lipinski definition) is 5. The zero-order valence-electron chi connectivity index (χ0n) is 21.3.